The number of nitrogens with one attached hydrogen (secondary N) is 2. The summed E-state index contributed by atoms with van der Waals surface area (Å²) in [5, 5.41) is 20.0. The summed E-state index contributed by atoms with van der Waals surface area (Å²) in [7, 11) is 1.55. The highest BCUT2D eigenvalue weighted by Crippen LogP contribution is 2.16. The summed E-state index contributed by atoms with van der Waals surface area (Å²) in [6, 6.07) is 21.3. The average Bonchev–Trinajstić information content (AvgIpc) is 2.96. The fourth-order valence-corrected chi connectivity index (χ4v) is 4.01. The van der Waals surface area contributed by atoms with Crippen molar-refractivity contribution in [3.8, 4) is 11.8 Å². The zero-order valence-corrected chi connectivity index (χ0v) is 21.7. The number of anilines is 2. The Morgan fingerprint density at radius 2 is 1.62 bits per heavy atom. The topological polar surface area (TPSA) is 155 Å². The van der Waals surface area contributed by atoms with Gasteiger partial charge in [-0.25, -0.2) is 18.5 Å². The summed E-state index contributed by atoms with van der Waals surface area (Å²) in [6.07, 6.45) is 0. The van der Waals surface area contributed by atoms with Crippen molar-refractivity contribution in [2.24, 2.45) is 5.73 Å². The van der Waals surface area contributed by atoms with E-state index >= 15 is 0 Å². The minimum atomic E-state index is -0.765. The van der Waals surface area contributed by atoms with Gasteiger partial charge >= 0.3 is 11.4 Å². The van der Waals surface area contributed by atoms with Gasteiger partial charge in [-0.3, -0.25) is 9.98 Å². The molecule has 1 aromatic heterocycles. The molecule has 0 saturated heterocycles. The molecule has 0 atom stereocenters. The predicted molar refractivity (Wildman–Crippen MR) is 149 cm³/mol. The molecule has 4 N–H and O–H groups in total. The van der Waals surface area contributed by atoms with Crippen LogP contribution in [0.2, 0.25) is 0 Å². The first-order valence-corrected chi connectivity index (χ1v) is 12.2. The summed E-state index contributed by atoms with van der Waals surface area (Å²) in [4.78, 5) is 32.1. The van der Waals surface area contributed by atoms with Crippen molar-refractivity contribution >= 4 is 17.6 Å². The maximum atomic E-state index is 13.6. The molecule has 0 saturated carbocycles. The third-order valence-electron chi connectivity index (χ3n) is 6.12. The molecule has 12 heteroatoms. The number of hydrogen-bond donors (Lipinski definition) is 3. The van der Waals surface area contributed by atoms with Crippen molar-refractivity contribution in [2.75, 3.05) is 30.4 Å². The summed E-state index contributed by atoms with van der Waals surface area (Å²) >= 11 is 0. The van der Waals surface area contributed by atoms with Crippen LogP contribution in [-0.2, 0) is 13.1 Å². The number of benzene rings is 3. The van der Waals surface area contributed by atoms with E-state index in [1.54, 1.807) is 55.6 Å². The first-order chi connectivity index (χ1) is 19.3. The third-order valence-corrected chi connectivity index (χ3v) is 6.12. The van der Waals surface area contributed by atoms with Gasteiger partial charge in [0.15, 0.2) is 5.96 Å². The Kier molecular flexibility index (Phi) is 8.55. The van der Waals surface area contributed by atoms with E-state index in [9.17, 15) is 14.0 Å². The van der Waals surface area contributed by atoms with Gasteiger partial charge in [-0.1, -0.05) is 24.3 Å². The summed E-state index contributed by atoms with van der Waals surface area (Å²) < 4.78 is 20.9. The van der Waals surface area contributed by atoms with Crippen LogP contribution in [0.3, 0.4) is 0 Å². The minimum Gasteiger partial charge on any atom is -0.497 e. The fourth-order valence-electron chi connectivity index (χ4n) is 4.01. The zero-order chi connectivity index (χ0) is 28.6. The Balaban J connectivity index is 1.63. The Morgan fingerprint density at radius 1 is 1.02 bits per heavy atom. The van der Waals surface area contributed by atoms with Crippen molar-refractivity contribution < 1.29 is 9.13 Å². The molecule has 0 bridgehead atoms. The standard InChI is InChI=1S/C28H27FN8O3/c1-40-24-12-6-21(7-13-24)17-36-26(33-14-15-35(25(31)32)23-10-4-19(16-30)5-11-23)34-27(38)37(28(36)39)18-20-2-8-22(29)9-3-20/h2-13H,14-15,17-18H2,1H3,(H3,31,32)(H,33,34,38). The number of rotatable bonds is 10. The van der Waals surface area contributed by atoms with Gasteiger partial charge < -0.3 is 20.7 Å². The quantitative estimate of drug-likeness (QED) is 0.204. The number of methoxy groups -OCH3 is 1. The molecule has 0 fully saturated rings. The van der Waals surface area contributed by atoms with Crippen LogP contribution < -0.4 is 32.1 Å². The van der Waals surface area contributed by atoms with Crippen molar-refractivity contribution in [2.45, 2.75) is 13.1 Å². The molecule has 4 rings (SSSR count). The minimum absolute atomic E-state index is 0.0458. The van der Waals surface area contributed by atoms with Crippen molar-refractivity contribution in [1.82, 2.24) is 14.1 Å². The number of halogens is 1. The molecule has 0 aliphatic heterocycles. The highest BCUT2D eigenvalue weighted by atomic mass is 19.1. The van der Waals surface area contributed by atoms with Gasteiger partial charge in [-0.05, 0) is 59.7 Å². The molecule has 0 unspecified atom stereocenters. The molecule has 11 nitrogen and oxygen atoms in total. The monoisotopic (exact) mass is 542 g/mol. The normalized spacial score (nSPS) is 10.5. The molecule has 4 aromatic rings. The van der Waals surface area contributed by atoms with Gasteiger partial charge in [0.2, 0.25) is 5.95 Å². The predicted octanol–water partition coefficient (Wildman–Crippen LogP) is 2.33. The summed E-state index contributed by atoms with van der Waals surface area (Å²) in [5.74, 6) is 0.0570. The maximum Gasteiger partial charge on any atom is 0.355 e. The molecular formula is C28H27FN8O3. The molecule has 0 amide bonds. The second kappa shape index (κ2) is 12.4. The van der Waals surface area contributed by atoms with Crippen LogP contribution in [0.15, 0.2) is 82.4 Å². The number of hydrogen-bond acceptors (Lipinski definition) is 7. The van der Waals surface area contributed by atoms with E-state index in [2.05, 4.69) is 10.3 Å². The van der Waals surface area contributed by atoms with Crippen LogP contribution in [0.5, 0.6) is 5.75 Å². The number of ether oxygens (including phenoxy) is 1. The van der Waals surface area contributed by atoms with Crippen LogP contribution in [-0.4, -0.2) is 40.3 Å². The zero-order valence-electron chi connectivity index (χ0n) is 21.7. The molecule has 3 aromatic carbocycles. The van der Waals surface area contributed by atoms with Gasteiger partial charge in [-0.15, -0.1) is 0 Å². The highest BCUT2D eigenvalue weighted by Gasteiger charge is 2.16. The molecular weight excluding hydrogens is 515 g/mol. The molecule has 0 spiro atoms. The van der Waals surface area contributed by atoms with Gasteiger partial charge in [-0.2, -0.15) is 10.2 Å². The van der Waals surface area contributed by atoms with Crippen molar-refractivity contribution in [3.63, 3.8) is 0 Å². The fraction of sp³-hybridized carbons (Fsp3) is 0.179. The average molecular weight is 543 g/mol. The van der Waals surface area contributed by atoms with Gasteiger partial charge in [0.1, 0.15) is 11.6 Å². The van der Waals surface area contributed by atoms with E-state index in [-0.39, 0.29) is 38.1 Å². The first kappa shape index (κ1) is 27.6. The number of guanidine groups is 1. The molecule has 0 aliphatic rings. The Labute approximate surface area is 229 Å². The lowest BCUT2D eigenvalue weighted by Gasteiger charge is -2.23. The number of nitrogens with two attached hydrogens (primary N) is 1. The van der Waals surface area contributed by atoms with Crippen LogP contribution in [0.25, 0.3) is 0 Å². The number of nitriles is 1. The van der Waals surface area contributed by atoms with E-state index in [0.29, 0.717) is 22.6 Å². The van der Waals surface area contributed by atoms with Gasteiger partial charge in [0.25, 0.3) is 0 Å². The van der Waals surface area contributed by atoms with Crippen molar-refractivity contribution in [1.29, 1.82) is 10.7 Å². The van der Waals surface area contributed by atoms with Crippen LogP contribution >= 0.6 is 0 Å². The SMILES string of the molecule is COc1ccc(Cn2c(NCCN(C(=N)N)c3ccc(C#N)cc3)nc(=O)n(Cc3ccc(F)cc3)c2=O)cc1. The highest BCUT2D eigenvalue weighted by molar-refractivity contribution is 5.92. The molecule has 0 radical (unpaired) electrons. The molecule has 40 heavy (non-hydrogen) atoms. The number of aromatic nitrogens is 3. The van der Waals surface area contributed by atoms with Gasteiger partial charge in [0, 0.05) is 18.8 Å². The van der Waals surface area contributed by atoms with E-state index in [1.807, 2.05) is 6.07 Å². The van der Waals surface area contributed by atoms with Crippen LogP contribution in [0.1, 0.15) is 16.7 Å². The molecule has 204 valence electrons. The third kappa shape index (κ3) is 6.51. The lowest BCUT2D eigenvalue weighted by atomic mass is 10.2. The van der Waals surface area contributed by atoms with E-state index in [4.69, 9.17) is 21.1 Å². The second-order valence-corrected chi connectivity index (χ2v) is 8.77. The largest absolute Gasteiger partial charge is 0.497 e. The molecule has 0 aliphatic carbocycles. The smallest absolute Gasteiger partial charge is 0.355 e. The first-order valence-electron chi connectivity index (χ1n) is 12.2. The van der Waals surface area contributed by atoms with E-state index in [1.165, 1.54) is 33.7 Å². The lowest BCUT2D eigenvalue weighted by molar-refractivity contribution is 0.414. The van der Waals surface area contributed by atoms with Crippen LogP contribution in [0, 0.1) is 22.6 Å². The van der Waals surface area contributed by atoms with Gasteiger partial charge in [0.05, 0.1) is 31.8 Å². The molecule has 1 heterocycles. The summed E-state index contributed by atoms with van der Waals surface area (Å²) in [6.45, 7) is 0.410. The second-order valence-electron chi connectivity index (χ2n) is 8.77. The number of nitrogens with zero attached hydrogens (tertiary/aromatic N) is 5. The summed E-state index contributed by atoms with van der Waals surface area (Å²) in [5.41, 5.74) is 6.83. The Morgan fingerprint density at radius 3 is 2.20 bits per heavy atom. The van der Waals surface area contributed by atoms with E-state index < -0.39 is 17.2 Å². The lowest BCUT2D eigenvalue weighted by Crippen LogP contribution is -2.44. The van der Waals surface area contributed by atoms with Crippen molar-refractivity contribution in [3.05, 3.63) is 116 Å². The Hall–Kier alpha value is -5.44. The van der Waals surface area contributed by atoms with Crippen LogP contribution in [0.4, 0.5) is 16.0 Å². The maximum absolute atomic E-state index is 13.6. The Bertz CT molecular complexity index is 1640. The van der Waals surface area contributed by atoms with E-state index in [0.717, 1.165) is 10.1 Å².